The first kappa shape index (κ1) is 15.2. The molecule has 0 N–H and O–H groups in total. The summed E-state index contributed by atoms with van der Waals surface area (Å²) in [7, 11) is 12.9. The van der Waals surface area contributed by atoms with E-state index in [0.717, 1.165) is 16.8 Å². The van der Waals surface area contributed by atoms with Gasteiger partial charge in [-0.05, 0) is 0 Å². The normalized spacial score (nSPS) is 12.4. The van der Waals surface area contributed by atoms with E-state index in [4.69, 9.17) is 18.8 Å². The zero-order valence-corrected chi connectivity index (χ0v) is 14.4. The van der Waals surface area contributed by atoms with Gasteiger partial charge in [0.25, 0.3) is 0 Å². The van der Waals surface area contributed by atoms with E-state index < -0.39 is 13.3 Å². The molecule has 0 saturated heterocycles. The predicted octanol–water partition coefficient (Wildman–Crippen LogP) is 5.43. The van der Waals surface area contributed by atoms with Crippen molar-refractivity contribution in [2.24, 2.45) is 8.91 Å². The fraction of sp³-hybridized carbons (Fsp3) is 0.462. The van der Waals surface area contributed by atoms with Gasteiger partial charge in [0, 0.05) is 0 Å². The van der Waals surface area contributed by atoms with Crippen LogP contribution in [-0.2, 0) is 13.3 Å². The summed E-state index contributed by atoms with van der Waals surface area (Å²) in [5.41, 5.74) is 3.22. The number of rotatable bonds is 1. The molecule has 96 valence electrons. The average molecular weight is 356 g/mol. The van der Waals surface area contributed by atoms with Gasteiger partial charge in [0.05, 0.1) is 0 Å². The van der Waals surface area contributed by atoms with E-state index >= 15 is 0 Å². The third-order valence-electron chi connectivity index (χ3n) is 2.15. The van der Waals surface area contributed by atoms with Crippen LogP contribution in [0.3, 0.4) is 0 Å². The molecule has 0 aliphatic heterocycles. The number of hydrogen-bond donors (Lipinski definition) is 0. The van der Waals surface area contributed by atoms with Gasteiger partial charge >= 0.3 is 115 Å². The maximum atomic E-state index is 6.43. The van der Waals surface area contributed by atoms with E-state index in [9.17, 15) is 0 Å². The number of nitrogens with zero attached hydrogens (tertiary/aromatic N) is 1. The first-order valence-corrected chi connectivity index (χ1v) is 12.7. The summed E-state index contributed by atoms with van der Waals surface area (Å²) in [6.45, 7) is 10.4. The zero-order chi connectivity index (χ0) is 13.3. The van der Waals surface area contributed by atoms with Crippen LogP contribution in [0, 0.1) is 19.3 Å². The van der Waals surface area contributed by atoms with Crippen molar-refractivity contribution in [3.8, 4) is 0 Å². The first-order valence-electron chi connectivity index (χ1n) is 5.48. The van der Waals surface area contributed by atoms with Gasteiger partial charge < -0.3 is 0 Å². The fourth-order valence-corrected chi connectivity index (χ4v) is 9.03. The van der Waals surface area contributed by atoms with Crippen LogP contribution >= 0.6 is 18.8 Å². The van der Waals surface area contributed by atoms with Crippen LogP contribution in [0.2, 0.25) is 0 Å². The van der Waals surface area contributed by atoms with Crippen molar-refractivity contribution in [2.45, 2.75) is 34.6 Å². The second kappa shape index (κ2) is 5.43. The Hall–Kier alpha value is 0.158. The molecule has 0 aromatic heterocycles. The van der Waals surface area contributed by atoms with E-state index in [1.54, 1.807) is 0 Å². The molecular weight excluding hydrogens is 337 g/mol. The SMILES string of the molecule is Cc1cccc(C)c1[N]=[Mo]([Cl])([Cl])=[CH]C(C)(C)C. The van der Waals surface area contributed by atoms with E-state index in [1.807, 2.05) is 36.4 Å². The number of aryl methyl sites for hydroxylation is 2. The molecule has 17 heavy (non-hydrogen) atoms. The van der Waals surface area contributed by atoms with Crippen LogP contribution in [-0.4, -0.2) is 4.40 Å². The summed E-state index contributed by atoms with van der Waals surface area (Å²) < 4.78 is 6.67. The third kappa shape index (κ3) is 5.12. The molecule has 0 bridgehead atoms. The first-order chi connectivity index (χ1) is 7.61. The Morgan fingerprint density at radius 2 is 1.59 bits per heavy atom. The van der Waals surface area contributed by atoms with Gasteiger partial charge in [-0.3, -0.25) is 0 Å². The van der Waals surface area contributed by atoms with Crippen molar-refractivity contribution < 1.29 is 13.3 Å². The standard InChI is InChI=1S/C8H9N.C5H10.2ClH.Mo/c1-6-4-3-5-7(2)8(6)9;1-5(2,3)4;;;/h3-5H,1-2H3;1H,2-4H3;2*1H;/q;;;;+2/p-2. The summed E-state index contributed by atoms with van der Waals surface area (Å²) >= 11 is -3.25. The number of benzene rings is 1. The summed E-state index contributed by atoms with van der Waals surface area (Å²) in [4.78, 5) is 0. The minimum atomic E-state index is -3.25. The Morgan fingerprint density at radius 1 is 1.12 bits per heavy atom. The monoisotopic (exact) mass is 357 g/mol. The molecule has 1 nitrogen and oxygen atoms in total. The van der Waals surface area contributed by atoms with Crippen LogP contribution in [0.5, 0.6) is 0 Å². The maximum absolute atomic E-state index is 6.43. The number of hydrogen-bond acceptors (Lipinski definition) is 1. The van der Waals surface area contributed by atoms with Crippen LogP contribution in [0.1, 0.15) is 31.9 Å². The predicted molar refractivity (Wildman–Crippen MR) is 75.2 cm³/mol. The third-order valence-corrected chi connectivity index (χ3v) is 7.50. The topological polar surface area (TPSA) is 12.4 Å². The van der Waals surface area contributed by atoms with Crippen molar-refractivity contribution in [1.29, 1.82) is 0 Å². The van der Waals surface area contributed by atoms with E-state index in [1.165, 1.54) is 0 Å². The molecule has 1 rings (SSSR count). The summed E-state index contributed by atoms with van der Waals surface area (Å²) in [6.07, 6.45) is 0. The Labute approximate surface area is 115 Å². The van der Waals surface area contributed by atoms with Gasteiger partial charge in [0.15, 0.2) is 0 Å². The van der Waals surface area contributed by atoms with Crippen molar-refractivity contribution in [3.05, 3.63) is 29.3 Å². The molecular formula is C13H19Cl2MoN. The number of halogens is 2. The molecule has 4 heteroatoms. The average Bonchev–Trinajstić information content (AvgIpc) is 2.07. The Morgan fingerprint density at radius 3 is 2.00 bits per heavy atom. The second-order valence-corrected chi connectivity index (χ2v) is 15.2. The van der Waals surface area contributed by atoms with Crippen LogP contribution < -0.4 is 0 Å². The van der Waals surface area contributed by atoms with Crippen LogP contribution in [0.25, 0.3) is 0 Å². The van der Waals surface area contributed by atoms with Gasteiger partial charge in [-0.25, -0.2) is 0 Å². The summed E-state index contributed by atoms with van der Waals surface area (Å²) in [6, 6.07) is 6.10. The summed E-state index contributed by atoms with van der Waals surface area (Å²) in [5, 5.41) is 0. The molecule has 0 saturated carbocycles. The quantitative estimate of drug-likeness (QED) is 0.595. The molecule has 0 unspecified atom stereocenters. The summed E-state index contributed by atoms with van der Waals surface area (Å²) in [5.74, 6) is 0. The molecule has 0 aliphatic carbocycles. The molecule has 0 atom stereocenters. The molecule has 1 aromatic rings. The van der Waals surface area contributed by atoms with Gasteiger partial charge in [-0.1, -0.05) is 0 Å². The zero-order valence-electron chi connectivity index (χ0n) is 10.9. The Balaban J connectivity index is 3.43. The minimum absolute atomic E-state index is 0.00467. The van der Waals surface area contributed by atoms with Crippen molar-refractivity contribution in [1.82, 2.24) is 0 Å². The molecule has 0 aliphatic rings. The fourth-order valence-electron chi connectivity index (χ4n) is 1.52. The van der Waals surface area contributed by atoms with Gasteiger partial charge in [0.2, 0.25) is 0 Å². The Kier molecular flexibility index (Phi) is 4.86. The molecule has 1 aromatic carbocycles. The van der Waals surface area contributed by atoms with Crippen LogP contribution in [0.4, 0.5) is 5.69 Å². The van der Waals surface area contributed by atoms with Gasteiger partial charge in [-0.2, -0.15) is 0 Å². The van der Waals surface area contributed by atoms with E-state index in [-0.39, 0.29) is 5.41 Å². The second-order valence-electron chi connectivity index (χ2n) is 5.30. The molecule has 0 spiro atoms. The van der Waals surface area contributed by atoms with Crippen molar-refractivity contribution in [2.75, 3.05) is 0 Å². The van der Waals surface area contributed by atoms with Crippen molar-refractivity contribution >= 4 is 28.9 Å². The molecule has 0 fully saturated rings. The van der Waals surface area contributed by atoms with E-state index in [0.29, 0.717) is 0 Å². The Bertz CT molecular complexity index is 505. The van der Waals surface area contributed by atoms with Gasteiger partial charge in [-0.15, -0.1) is 0 Å². The van der Waals surface area contributed by atoms with Crippen LogP contribution in [0.15, 0.2) is 21.7 Å². The van der Waals surface area contributed by atoms with Crippen molar-refractivity contribution in [3.63, 3.8) is 0 Å². The molecule has 0 heterocycles. The van der Waals surface area contributed by atoms with E-state index in [2.05, 4.69) is 24.3 Å². The molecule has 0 radical (unpaired) electrons. The van der Waals surface area contributed by atoms with Gasteiger partial charge in [0.1, 0.15) is 0 Å². The molecule has 0 amide bonds.